The molecule has 1 heterocycles. The highest BCUT2D eigenvalue weighted by atomic mass is 127. The van der Waals surface area contributed by atoms with Gasteiger partial charge in [-0.15, -0.1) is 0 Å². The SMILES string of the molecule is Nc1cccc(-c2cc(-c3ccc(I)cc3O)n[nH]2)c1. The Bertz CT molecular complexity index is 767. The first-order valence-electron chi connectivity index (χ1n) is 6.04. The monoisotopic (exact) mass is 377 g/mol. The number of nitrogens with zero attached hydrogens (tertiary/aromatic N) is 1. The third kappa shape index (κ3) is 2.49. The van der Waals surface area contributed by atoms with E-state index < -0.39 is 0 Å². The summed E-state index contributed by atoms with van der Waals surface area (Å²) in [6.45, 7) is 0. The molecule has 0 aliphatic heterocycles. The molecule has 0 aliphatic carbocycles. The summed E-state index contributed by atoms with van der Waals surface area (Å²) < 4.78 is 0.982. The number of aromatic hydroxyl groups is 1. The highest BCUT2D eigenvalue weighted by molar-refractivity contribution is 14.1. The Morgan fingerprint density at radius 2 is 1.95 bits per heavy atom. The number of nitrogens with one attached hydrogen (secondary N) is 1. The summed E-state index contributed by atoms with van der Waals surface area (Å²) in [5.74, 6) is 0.225. The van der Waals surface area contributed by atoms with Crippen LogP contribution in [0.3, 0.4) is 0 Å². The van der Waals surface area contributed by atoms with Gasteiger partial charge in [-0.3, -0.25) is 5.10 Å². The van der Waals surface area contributed by atoms with Crippen molar-refractivity contribution in [2.45, 2.75) is 0 Å². The lowest BCUT2D eigenvalue weighted by Crippen LogP contribution is -1.84. The molecule has 3 aromatic rings. The Balaban J connectivity index is 2.02. The van der Waals surface area contributed by atoms with Crippen LogP contribution in [0, 0.1) is 3.57 Å². The number of benzene rings is 2. The van der Waals surface area contributed by atoms with Crippen molar-refractivity contribution in [3.05, 3.63) is 52.1 Å². The van der Waals surface area contributed by atoms with Gasteiger partial charge in [0.15, 0.2) is 0 Å². The predicted molar refractivity (Wildman–Crippen MR) is 88.3 cm³/mol. The Morgan fingerprint density at radius 3 is 2.70 bits per heavy atom. The zero-order chi connectivity index (χ0) is 14.1. The van der Waals surface area contributed by atoms with Crippen LogP contribution in [0.15, 0.2) is 48.5 Å². The Kier molecular flexibility index (Phi) is 3.35. The van der Waals surface area contributed by atoms with E-state index in [2.05, 4.69) is 32.8 Å². The van der Waals surface area contributed by atoms with Gasteiger partial charge < -0.3 is 10.8 Å². The van der Waals surface area contributed by atoms with Crippen molar-refractivity contribution in [2.75, 3.05) is 5.73 Å². The summed E-state index contributed by atoms with van der Waals surface area (Å²) in [5.41, 5.74) is 9.73. The number of aromatic nitrogens is 2. The van der Waals surface area contributed by atoms with Gasteiger partial charge in [0.05, 0.1) is 11.4 Å². The van der Waals surface area contributed by atoms with Crippen LogP contribution < -0.4 is 5.73 Å². The van der Waals surface area contributed by atoms with Gasteiger partial charge in [0.25, 0.3) is 0 Å². The van der Waals surface area contributed by atoms with Gasteiger partial charge in [-0.2, -0.15) is 5.10 Å². The summed E-state index contributed by atoms with van der Waals surface area (Å²) in [6, 6.07) is 15.0. The molecule has 0 spiro atoms. The summed E-state index contributed by atoms with van der Waals surface area (Å²) in [6.07, 6.45) is 0. The van der Waals surface area contributed by atoms with Gasteiger partial charge in [-0.25, -0.2) is 0 Å². The van der Waals surface area contributed by atoms with Gasteiger partial charge in [0.2, 0.25) is 0 Å². The normalized spacial score (nSPS) is 10.7. The fourth-order valence-electron chi connectivity index (χ4n) is 2.04. The van der Waals surface area contributed by atoms with Crippen LogP contribution >= 0.6 is 22.6 Å². The molecule has 0 bridgehead atoms. The molecule has 0 fully saturated rings. The Labute approximate surface area is 129 Å². The minimum absolute atomic E-state index is 0.225. The zero-order valence-corrected chi connectivity index (χ0v) is 12.6. The van der Waals surface area contributed by atoms with E-state index >= 15 is 0 Å². The zero-order valence-electron chi connectivity index (χ0n) is 10.5. The summed E-state index contributed by atoms with van der Waals surface area (Å²) >= 11 is 2.16. The molecule has 5 heteroatoms. The number of H-pyrrole nitrogens is 1. The van der Waals surface area contributed by atoms with Gasteiger partial charge >= 0.3 is 0 Å². The largest absolute Gasteiger partial charge is 0.507 e. The van der Waals surface area contributed by atoms with Crippen LogP contribution in [0.2, 0.25) is 0 Å². The van der Waals surface area contributed by atoms with Crippen molar-refractivity contribution in [3.8, 4) is 28.3 Å². The molecule has 0 saturated heterocycles. The molecule has 4 nitrogen and oxygen atoms in total. The number of nitrogen functional groups attached to an aromatic ring is 1. The molecule has 0 aliphatic rings. The van der Waals surface area contributed by atoms with E-state index in [0.29, 0.717) is 16.9 Å². The van der Waals surface area contributed by atoms with Crippen molar-refractivity contribution in [3.63, 3.8) is 0 Å². The minimum Gasteiger partial charge on any atom is -0.507 e. The molecule has 100 valence electrons. The lowest BCUT2D eigenvalue weighted by molar-refractivity contribution is 0.476. The molecule has 0 amide bonds. The van der Waals surface area contributed by atoms with Crippen LogP contribution in [-0.4, -0.2) is 15.3 Å². The van der Waals surface area contributed by atoms with E-state index in [1.165, 1.54) is 0 Å². The second kappa shape index (κ2) is 5.16. The summed E-state index contributed by atoms with van der Waals surface area (Å²) in [7, 11) is 0. The van der Waals surface area contributed by atoms with Crippen molar-refractivity contribution < 1.29 is 5.11 Å². The number of hydrogen-bond donors (Lipinski definition) is 3. The number of phenols is 1. The van der Waals surface area contributed by atoms with E-state index in [4.69, 9.17) is 5.73 Å². The first kappa shape index (κ1) is 13.0. The summed E-state index contributed by atoms with van der Waals surface area (Å²) in [4.78, 5) is 0. The van der Waals surface area contributed by atoms with Gasteiger partial charge in [0, 0.05) is 20.4 Å². The number of nitrogens with two attached hydrogens (primary N) is 1. The first-order valence-corrected chi connectivity index (χ1v) is 7.11. The molecule has 4 N–H and O–H groups in total. The predicted octanol–water partition coefficient (Wildman–Crippen LogP) is 3.64. The van der Waals surface area contributed by atoms with E-state index in [1.807, 2.05) is 42.5 Å². The van der Waals surface area contributed by atoms with Crippen LogP contribution in [0.25, 0.3) is 22.5 Å². The number of rotatable bonds is 2. The van der Waals surface area contributed by atoms with Crippen LogP contribution in [0.1, 0.15) is 0 Å². The molecule has 0 saturated carbocycles. The third-order valence-corrected chi connectivity index (χ3v) is 3.68. The highest BCUT2D eigenvalue weighted by Crippen LogP contribution is 2.31. The molecular weight excluding hydrogens is 365 g/mol. The highest BCUT2D eigenvalue weighted by Gasteiger charge is 2.10. The fourth-order valence-corrected chi connectivity index (χ4v) is 2.51. The van der Waals surface area contributed by atoms with Gasteiger partial charge in [-0.1, -0.05) is 12.1 Å². The van der Waals surface area contributed by atoms with Crippen molar-refractivity contribution in [1.82, 2.24) is 10.2 Å². The molecule has 0 unspecified atom stereocenters. The second-order valence-electron chi connectivity index (χ2n) is 4.45. The van der Waals surface area contributed by atoms with E-state index in [0.717, 1.165) is 14.8 Å². The number of halogens is 1. The third-order valence-electron chi connectivity index (χ3n) is 3.01. The van der Waals surface area contributed by atoms with Gasteiger partial charge in [-0.05, 0) is 59.0 Å². The average molecular weight is 377 g/mol. The molecular formula is C15H12IN3O. The number of anilines is 1. The van der Waals surface area contributed by atoms with Crippen molar-refractivity contribution in [1.29, 1.82) is 0 Å². The van der Waals surface area contributed by atoms with Crippen molar-refractivity contribution >= 4 is 28.3 Å². The smallest absolute Gasteiger partial charge is 0.126 e. The molecule has 0 radical (unpaired) electrons. The topological polar surface area (TPSA) is 74.9 Å². The van der Waals surface area contributed by atoms with Crippen LogP contribution in [0.4, 0.5) is 5.69 Å². The molecule has 2 aromatic carbocycles. The first-order chi connectivity index (χ1) is 9.63. The van der Waals surface area contributed by atoms with Crippen LogP contribution in [-0.2, 0) is 0 Å². The Morgan fingerprint density at radius 1 is 1.10 bits per heavy atom. The van der Waals surface area contributed by atoms with E-state index in [-0.39, 0.29) is 5.75 Å². The lowest BCUT2D eigenvalue weighted by Gasteiger charge is -2.01. The molecule has 3 rings (SSSR count). The van der Waals surface area contributed by atoms with Crippen LogP contribution in [0.5, 0.6) is 5.75 Å². The van der Waals surface area contributed by atoms with Crippen molar-refractivity contribution in [2.24, 2.45) is 0 Å². The Hall–Kier alpha value is -2.02. The van der Waals surface area contributed by atoms with E-state index in [9.17, 15) is 5.11 Å². The fraction of sp³-hybridized carbons (Fsp3) is 0. The number of phenolic OH excluding ortho intramolecular Hbond substituents is 1. The maximum absolute atomic E-state index is 9.99. The van der Waals surface area contributed by atoms with Gasteiger partial charge in [0.1, 0.15) is 5.75 Å². The lowest BCUT2D eigenvalue weighted by atomic mass is 10.1. The summed E-state index contributed by atoms with van der Waals surface area (Å²) in [5, 5.41) is 17.2. The average Bonchev–Trinajstić information content (AvgIpc) is 2.88. The minimum atomic E-state index is 0.225. The second-order valence-corrected chi connectivity index (χ2v) is 5.70. The maximum Gasteiger partial charge on any atom is 0.126 e. The number of aromatic amines is 1. The molecule has 1 aromatic heterocycles. The van der Waals surface area contributed by atoms with E-state index in [1.54, 1.807) is 6.07 Å². The molecule has 20 heavy (non-hydrogen) atoms. The maximum atomic E-state index is 9.99. The molecule has 0 atom stereocenters. The number of hydrogen-bond acceptors (Lipinski definition) is 3. The quantitative estimate of drug-likeness (QED) is 0.472. The standard InChI is InChI=1S/C15H12IN3O/c16-10-4-5-12(15(20)7-10)14-8-13(18-19-14)9-2-1-3-11(17)6-9/h1-8,20H,17H2,(H,18,19).